The fraction of sp³-hybridized carbons (Fsp3) is 0.467. The van der Waals surface area contributed by atoms with Gasteiger partial charge in [-0.2, -0.15) is 0 Å². The average molecular weight is 213 g/mol. The van der Waals surface area contributed by atoms with Gasteiger partial charge in [-0.05, 0) is 50.5 Å². The Morgan fingerprint density at radius 1 is 1.12 bits per heavy atom. The van der Waals surface area contributed by atoms with E-state index in [1.54, 1.807) is 5.56 Å². The molecule has 0 saturated carbocycles. The van der Waals surface area contributed by atoms with Crippen molar-refractivity contribution in [3.05, 3.63) is 41.5 Å². The number of hydrogen-bond acceptors (Lipinski definition) is 1. The summed E-state index contributed by atoms with van der Waals surface area (Å²) >= 11 is 0. The number of hydrogen-bond donors (Lipinski definition) is 0. The number of benzene rings is 1. The van der Waals surface area contributed by atoms with Crippen LogP contribution in [0.5, 0.6) is 0 Å². The summed E-state index contributed by atoms with van der Waals surface area (Å²) in [5.41, 5.74) is 3.35. The van der Waals surface area contributed by atoms with E-state index in [-0.39, 0.29) is 0 Å². The summed E-state index contributed by atoms with van der Waals surface area (Å²) in [7, 11) is 2.24. The molecule has 0 radical (unpaired) electrons. The average Bonchev–Trinajstić information content (AvgIpc) is 2.55. The molecule has 1 unspecified atom stereocenters. The molecular weight excluding hydrogens is 194 g/mol. The van der Waals surface area contributed by atoms with E-state index in [2.05, 4.69) is 48.4 Å². The highest BCUT2D eigenvalue weighted by Crippen LogP contribution is 2.43. The summed E-state index contributed by atoms with van der Waals surface area (Å²) in [6.07, 6.45) is 8.68. The van der Waals surface area contributed by atoms with Crippen LogP contribution >= 0.6 is 0 Å². The molecule has 0 aromatic heterocycles. The minimum atomic E-state index is 0.349. The summed E-state index contributed by atoms with van der Waals surface area (Å²) in [5.74, 6) is 0. The fourth-order valence-corrected chi connectivity index (χ4v) is 3.16. The third-order valence-corrected chi connectivity index (χ3v) is 4.18. The first-order chi connectivity index (χ1) is 7.80. The van der Waals surface area contributed by atoms with Crippen LogP contribution < -0.4 is 0 Å². The molecule has 1 nitrogen and oxygen atoms in total. The van der Waals surface area contributed by atoms with E-state index < -0.39 is 0 Å². The normalized spacial score (nSPS) is 29.3. The number of likely N-dealkylation sites (tertiary alicyclic amines) is 1. The van der Waals surface area contributed by atoms with E-state index in [0.717, 1.165) is 0 Å². The first kappa shape index (κ1) is 10.1. The molecule has 1 atom stereocenters. The van der Waals surface area contributed by atoms with Gasteiger partial charge >= 0.3 is 0 Å². The summed E-state index contributed by atoms with van der Waals surface area (Å²) in [6, 6.07) is 8.89. The molecule has 1 aliphatic carbocycles. The maximum atomic E-state index is 2.46. The SMILES string of the molecule is CN1CCCC2(C=Cc3ccccc32)CC1. The molecule has 1 aliphatic heterocycles. The second kappa shape index (κ2) is 3.74. The van der Waals surface area contributed by atoms with Crippen LogP contribution in [-0.2, 0) is 5.41 Å². The van der Waals surface area contributed by atoms with Crippen LogP contribution in [0.25, 0.3) is 6.08 Å². The molecule has 0 N–H and O–H groups in total. The van der Waals surface area contributed by atoms with Crippen LogP contribution in [0.1, 0.15) is 30.4 Å². The Bertz CT molecular complexity index is 421. The van der Waals surface area contributed by atoms with Crippen LogP contribution in [-0.4, -0.2) is 25.0 Å². The van der Waals surface area contributed by atoms with Crippen molar-refractivity contribution in [2.45, 2.75) is 24.7 Å². The molecular formula is C15H19N. The maximum Gasteiger partial charge on any atom is 0.0154 e. The second-order valence-electron chi connectivity index (χ2n) is 5.23. The zero-order chi connectivity index (χ0) is 11.0. The summed E-state index contributed by atoms with van der Waals surface area (Å²) in [4.78, 5) is 2.46. The first-order valence-corrected chi connectivity index (χ1v) is 6.27. The molecule has 1 saturated heterocycles. The molecule has 16 heavy (non-hydrogen) atoms. The standard InChI is InChI=1S/C15H19N/c1-16-11-4-8-15(10-12-16)9-7-13-5-2-3-6-14(13)15/h2-3,5-7,9H,4,8,10-12H2,1H3. The summed E-state index contributed by atoms with van der Waals surface area (Å²) in [6.45, 7) is 2.47. The minimum absolute atomic E-state index is 0.349. The molecule has 0 amide bonds. The van der Waals surface area contributed by atoms with Gasteiger partial charge in [0.2, 0.25) is 0 Å². The first-order valence-electron chi connectivity index (χ1n) is 6.27. The molecule has 1 heteroatoms. The van der Waals surface area contributed by atoms with E-state index >= 15 is 0 Å². The quantitative estimate of drug-likeness (QED) is 0.640. The van der Waals surface area contributed by atoms with Crippen molar-refractivity contribution in [3.63, 3.8) is 0 Å². The highest BCUT2D eigenvalue weighted by Gasteiger charge is 2.35. The van der Waals surface area contributed by atoms with E-state index in [9.17, 15) is 0 Å². The highest BCUT2D eigenvalue weighted by atomic mass is 15.1. The van der Waals surface area contributed by atoms with Crippen LogP contribution in [0, 0.1) is 0 Å². The van der Waals surface area contributed by atoms with Crippen LogP contribution in [0.2, 0.25) is 0 Å². The van der Waals surface area contributed by atoms with Gasteiger partial charge in [-0.25, -0.2) is 0 Å². The highest BCUT2D eigenvalue weighted by molar-refractivity contribution is 5.65. The van der Waals surface area contributed by atoms with Gasteiger partial charge in [-0.3, -0.25) is 0 Å². The lowest BCUT2D eigenvalue weighted by atomic mass is 9.76. The zero-order valence-corrected chi connectivity index (χ0v) is 9.95. The number of fused-ring (bicyclic) bond motifs is 2. The third kappa shape index (κ3) is 1.51. The van der Waals surface area contributed by atoms with Crippen molar-refractivity contribution in [3.8, 4) is 0 Å². The molecule has 1 aromatic rings. The van der Waals surface area contributed by atoms with E-state index in [1.165, 1.54) is 37.9 Å². The largest absolute Gasteiger partial charge is 0.306 e. The van der Waals surface area contributed by atoms with Crippen molar-refractivity contribution >= 4 is 6.08 Å². The van der Waals surface area contributed by atoms with Gasteiger partial charge in [0.15, 0.2) is 0 Å². The predicted octanol–water partition coefficient (Wildman–Crippen LogP) is 3.07. The Labute approximate surface area is 97.8 Å². The summed E-state index contributed by atoms with van der Waals surface area (Å²) < 4.78 is 0. The van der Waals surface area contributed by atoms with Crippen molar-refractivity contribution < 1.29 is 0 Å². The zero-order valence-electron chi connectivity index (χ0n) is 9.95. The number of nitrogens with zero attached hydrogens (tertiary/aromatic N) is 1. The van der Waals surface area contributed by atoms with Gasteiger partial charge in [0, 0.05) is 5.41 Å². The topological polar surface area (TPSA) is 3.24 Å². The lowest BCUT2D eigenvalue weighted by Crippen LogP contribution is -2.24. The lowest BCUT2D eigenvalue weighted by molar-refractivity contribution is 0.342. The van der Waals surface area contributed by atoms with Crippen LogP contribution in [0.4, 0.5) is 0 Å². The second-order valence-corrected chi connectivity index (χ2v) is 5.23. The Balaban J connectivity index is 1.98. The Kier molecular flexibility index (Phi) is 2.36. The lowest BCUT2D eigenvalue weighted by Gasteiger charge is -2.27. The van der Waals surface area contributed by atoms with Crippen molar-refractivity contribution in [2.24, 2.45) is 0 Å². The van der Waals surface area contributed by atoms with Gasteiger partial charge < -0.3 is 4.90 Å². The number of rotatable bonds is 0. The van der Waals surface area contributed by atoms with E-state index in [1.807, 2.05) is 0 Å². The molecule has 1 fully saturated rings. The minimum Gasteiger partial charge on any atom is -0.306 e. The Morgan fingerprint density at radius 3 is 2.94 bits per heavy atom. The van der Waals surface area contributed by atoms with Crippen molar-refractivity contribution in [1.29, 1.82) is 0 Å². The fourth-order valence-electron chi connectivity index (χ4n) is 3.16. The Morgan fingerprint density at radius 2 is 2.00 bits per heavy atom. The molecule has 1 spiro atoms. The molecule has 84 valence electrons. The number of allylic oxidation sites excluding steroid dienone is 1. The Hall–Kier alpha value is -1.08. The smallest absolute Gasteiger partial charge is 0.0154 e. The van der Waals surface area contributed by atoms with Gasteiger partial charge in [-0.15, -0.1) is 0 Å². The third-order valence-electron chi connectivity index (χ3n) is 4.18. The van der Waals surface area contributed by atoms with Gasteiger partial charge in [0.05, 0.1) is 0 Å². The van der Waals surface area contributed by atoms with E-state index in [0.29, 0.717) is 5.41 Å². The molecule has 3 rings (SSSR count). The molecule has 1 aromatic carbocycles. The van der Waals surface area contributed by atoms with Crippen molar-refractivity contribution in [2.75, 3.05) is 20.1 Å². The molecule has 2 aliphatic rings. The molecule has 0 bridgehead atoms. The van der Waals surface area contributed by atoms with Gasteiger partial charge in [0.1, 0.15) is 0 Å². The van der Waals surface area contributed by atoms with Gasteiger partial charge in [-0.1, -0.05) is 36.4 Å². The summed E-state index contributed by atoms with van der Waals surface area (Å²) in [5, 5.41) is 0. The van der Waals surface area contributed by atoms with Crippen LogP contribution in [0.3, 0.4) is 0 Å². The monoisotopic (exact) mass is 213 g/mol. The maximum absolute atomic E-state index is 2.46. The van der Waals surface area contributed by atoms with E-state index in [4.69, 9.17) is 0 Å². The van der Waals surface area contributed by atoms with Crippen LogP contribution in [0.15, 0.2) is 30.3 Å². The predicted molar refractivity (Wildman–Crippen MR) is 68.5 cm³/mol. The molecule has 1 heterocycles. The van der Waals surface area contributed by atoms with Gasteiger partial charge in [0.25, 0.3) is 0 Å². The van der Waals surface area contributed by atoms with Crippen molar-refractivity contribution in [1.82, 2.24) is 4.90 Å².